The van der Waals surface area contributed by atoms with Crippen LogP contribution in [-0.2, 0) is 17.1 Å². The van der Waals surface area contributed by atoms with E-state index in [2.05, 4.69) is 4.72 Å². The van der Waals surface area contributed by atoms with Gasteiger partial charge in [0.05, 0.1) is 17.0 Å². The molecule has 1 aromatic heterocycles. The van der Waals surface area contributed by atoms with Crippen LogP contribution in [0.5, 0.6) is 0 Å². The van der Waals surface area contributed by atoms with E-state index in [1.54, 1.807) is 24.7 Å². The molecule has 0 spiro atoms. The molecule has 16 heavy (non-hydrogen) atoms. The maximum atomic E-state index is 11.9. The van der Waals surface area contributed by atoms with Crippen molar-refractivity contribution in [3.63, 3.8) is 0 Å². The monoisotopic (exact) mass is 246 g/mol. The van der Waals surface area contributed by atoms with Gasteiger partial charge in [-0.2, -0.15) is 0 Å². The molecule has 1 atom stereocenters. The van der Waals surface area contributed by atoms with Crippen LogP contribution in [0.15, 0.2) is 23.4 Å². The van der Waals surface area contributed by atoms with Gasteiger partial charge in [0.25, 0.3) is 0 Å². The molecule has 6 heteroatoms. The second-order valence-corrected chi connectivity index (χ2v) is 5.87. The normalized spacial score (nSPS) is 16.0. The average Bonchev–Trinajstić information content (AvgIpc) is 2.65. The lowest BCUT2D eigenvalue weighted by Crippen LogP contribution is -2.48. The number of sulfonamides is 1. The van der Waals surface area contributed by atoms with Gasteiger partial charge in [0, 0.05) is 19.4 Å². The van der Waals surface area contributed by atoms with Gasteiger partial charge in [-0.15, -0.1) is 0 Å². The summed E-state index contributed by atoms with van der Waals surface area (Å²) in [6, 6.07) is 1.52. The molecule has 0 radical (unpaired) electrons. The standard InChI is InChI=1S/C10H18N2O3S/c1-4-10(2,8-13)11-16(14,15)9-5-6-12(3)7-9/h5-7,11,13H,4,8H2,1-3H3. The Morgan fingerprint density at radius 1 is 1.56 bits per heavy atom. The highest BCUT2D eigenvalue weighted by Gasteiger charge is 2.28. The Hall–Kier alpha value is -0.850. The van der Waals surface area contributed by atoms with Crippen LogP contribution in [0.3, 0.4) is 0 Å². The molecule has 0 bridgehead atoms. The fourth-order valence-corrected chi connectivity index (χ4v) is 2.76. The number of hydrogen-bond donors (Lipinski definition) is 2. The zero-order valence-corrected chi connectivity index (χ0v) is 10.6. The van der Waals surface area contributed by atoms with Gasteiger partial charge in [0.1, 0.15) is 0 Å². The maximum Gasteiger partial charge on any atom is 0.242 e. The number of aromatic nitrogens is 1. The van der Waals surface area contributed by atoms with Crippen LogP contribution in [-0.4, -0.2) is 30.2 Å². The molecule has 0 aromatic carbocycles. The molecule has 1 aromatic rings. The second kappa shape index (κ2) is 4.57. The summed E-state index contributed by atoms with van der Waals surface area (Å²) in [6.07, 6.45) is 3.71. The van der Waals surface area contributed by atoms with Crippen molar-refractivity contribution in [1.82, 2.24) is 9.29 Å². The summed E-state index contributed by atoms with van der Waals surface area (Å²) in [6.45, 7) is 3.27. The molecule has 1 heterocycles. The topological polar surface area (TPSA) is 71.3 Å². The quantitative estimate of drug-likeness (QED) is 0.793. The van der Waals surface area contributed by atoms with Crippen molar-refractivity contribution in [1.29, 1.82) is 0 Å². The summed E-state index contributed by atoms with van der Waals surface area (Å²) in [4.78, 5) is 0.211. The van der Waals surface area contributed by atoms with Crippen molar-refractivity contribution >= 4 is 10.0 Å². The van der Waals surface area contributed by atoms with Gasteiger partial charge in [0.15, 0.2) is 0 Å². The van der Waals surface area contributed by atoms with E-state index in [0.717, 1.165) is 0 Å². The zero-order chi connectivity index (χ0) is 12.4. The van der Waals surface area contributed by atoms with E-state index < -0.39 is 15.6 Å². The molecule has 0 aliphatic carbocycles. The first-order chi connectivity index (χ1) is 7.33. The predicted octanol–water partition coefficient (Wildman–Crippen LogP) is 0.464. The number of aliphatic hydroxyl groups excluding tert-OH is 1. The fraction of sp³-hybridized carbons (Fsp3) is 0.600. The predicted molar refractivity (Wildman–Crippen MR) is 61.5 cm³/mol. The van der Waals surface area contributed by atoms with E-state index in [4.69, 9.17) is 5.11 Å². The lowest BCUT2D eigenvalue weighted by molar-refractivity contribution is 0.191. The number of aliphatic hydroxyl groups is 1. The van der Waals surface area contributed by atoms with Crippen LogP contribution in [0.2, 0.25) is 0 Å². The lowest BCUT2D eigenvalue weighted by atomic mass is 10.0. The Balaban J connectivity index is 2.96. The van der Waals surface area contributed by atoms with Crippen molar-refractivity contribution in [2.24, 2.45) is 7.05 Å². The molecule has 0 aliphatic heterocycles. The highest BCUT2D eigenvalue weighted by molar-refractivity contribution is 7.89. The molecular weight excluding hydrogens is 228 g/mol. The van der Waals surface area contributed by atoms with Crippen molar-refractivity contribution in [3.8, 4) is 0 Å². The first-order valence-corrected chi connectivity index (χ1v) is 6.58. The van der Waals surface area contributed by atoms with Gasteiger partial charge in [-0.1, -0.05) is 6.92 Å². The van der Waals surface area contributed by atoms with Gasteiger partial charge in [-0.25, -0.2) is 13.1 Å². The van der Waals surface area contributed by atoms with Crippen LogP contribution in [0, 0.1) is 0 Å². The maximum absolute atomic E-state index is 11.9. The highest BCUT2D eigenvalue weighted by atomic mass is 32.2. The Bertz CT molecular complexity index is 446. The van der Waals surface area contributed by atoms with E-state index in [0.29, 0.717) is 6.42 Å². The first-order valence-electron chi connectivity index (χ1n) is 5.10. The summed E-state index contributed by atoms with van der Waals surface area (Å²) in [5.74, 6) is 0. The number of hydrogen-bond acceptors (Lipinski definition) is 3. The van der Waals surface area contributed by atoms with Crippen LogP contribution in [0.4, 0.5) is 0 Å². The van der Waals surface area contributed by atoms with E-state index in [1.807, 2.05) is 6.92 Å². The number of nitrogens with one attached hydrogen (secondary N) is 1. The van der Waals surface area contributed by atoms with E-state index >= 15 is 0 Å². The van der Waals surface area contributed by atoms with Crippen molar-refractivity contribution in [2.45, 2.75) is 30.7 Å². The smallest absolute Gasteiger partial charge is 0.242 e. The third kappa shape index (κ3) is 2.84. The Morgan fingerprint density at radius 2 is 2.19 bits per heavy atom. The minimum absolute atomic E-state index is 0.211. The third-order valence-corrected chi connectivity index (χ3v) is 4.25. The lowest BCUT2D eigenvalue weighted by Gasteiger charge is -2.26. The summed E-state index contributed by atoms with van der Waals surface area (Å²) in [5.41, 5.74) is -0.811. The number of nitrogens with zero attached hydrogens (tertiary/aromatic N) is 1. The van der Waals surface area contributed by atoms with Gasteiger partial charge in [-0.3, -0.25) is 0 Å². The Labute approximate surface area is 96.1 Å². The van der Waals surface area contributed by atoms with Gasteiger partial charge in [0.2, 0.25) is 10.0 Å². The van der Waals surface area contributed by atoms with Crippen LogP contribution in [0.25, 0.3) is 0 Å². The molecule has 0 saturated heterocycles. The van der Waals surface area contributed by atoms with Crippen molar-refractivity contribution in [2.75, 3.05) is 6.61 Å². The summed E-state index contributed by atoms with van der Waals surface area (Å²) < 4.78 is 28.1. The molecule has 0 saturated carbocycles. The Kier molecular flexibility index (Phi) is 3.77. The van der Waals surface area contributed by atoms with Crippen LogP contribution >= 0.6 is 0 Å². The fourth-order valence-electron chi connectivity index (χ4n) is 1.24. The van der Waals surface area contributed by atoms with Gasteiger partial charge < -0.3 is 9.67 Å². The molecule has 0 amide bonds. The van der Waals surface area contributed by atoms with Crippen molar-refractivity contribution < 1.29 is 13.5 Å². The average molecular weight is 246 g/mol. The molecule has 92 valence electrons. The third-order valence-electron chi connectivity index (χ3n) is 2.63. The van der Waals surface area contributed by atoms with E-state index in [9.17, 15) is 8.42 Å². The summed E-state index contributed by atoms with van der Waals surface area (Å²) >= 11 is 0. The number of aryl methyl sites for hydroxylation is 1. The molecule has 0 fully saturated rings. The van der Waals surface area contributed by atoms with Gasteiger partial charge >= 0.3 is 0 Å². The minimum atomic E-state index is -3.55. The molecule has 1 unspecified atom stereocenters. The summed E-state index contributed by atoms with van der Waals surface area (Å²) in [7, 11) is -1.80. The number of rotatable bonds is 5. The first kappa shape index (κ1) is 13.2. The SMILES string of the molecule is CCC(C)(CO)NS(=O)(=O)c1ccn(C)c1. The summed E-state index contributed by atoms with van der Waals surface area (Å²) in [5, 5.41) is 9.17. The highest BCUT2D eigenvalue weighted by Crippen LogP contribution is 2.15. The van der Waals surface area contributed by atoms with Crippen LogP contribution < -0.4 is 4.72 Å². The van der Waals surface area contributed by atoms with E-state index in [-0.39, 0.29) is 11.5 Å². The van der Waals surface area contributed by atoms with Gasteiger partial charge in [-0.05, 0) is 19.4 Å². The molecule has 5 nitrogen and oxygen atoms in total. The van der Waals surface area contributed by atoms with Crippen molar-refractivity contribution in [3.05, 3.63) is 18.5 Å². The molecule has 0 aliphatic rings. The van der Waals surface area contributed by atoms with E-state index in [1.165, 1.54) is 12.3 Å². The van der Waals surface area contributed by atoms with Crippen LogP contribution in [0.1, 0.15) is 20.3 Å². The Morgan fingerprint density at radius 3 is 2.56 bits per heavy atom. The minimum Gasteiger partial charge on any atom is -0.394 e. The second-order valence-electron chi connectivity index (χ2n) is 4.19. The molecule has 1 rings (SSSR count). The molecular formula is C10H18N2O3S. The molecule has 2 N–H and O–H groups in total. The largest absolute Gasteiger partial charge is 0.394 e. The zero-order valence-electron chi connectivity index (χ0n) is 9.77.